The number of amides is 1. The minimum atomic E-state index is -0.618. The van der Waals surface area contributed by atoms with Crippen molar-refractivity contribution in [3.8, 4) is 0 Å². The molecular formula is C16H16ClFN2O. The zero-order chi connectivity index (χ0) is 15.4. The van der Waals surface area contributed by atoms with Gasteiger partial charge in [0.15, 0.2) is 5.82 Å². The Hall–Kier alpha value is -2.07. The van der Waals surface area contributed by atoms with Crippen molar-refractivity contribution in [3.63, 3.8) is 0 Å². The van der Waals surface area contributed by atoms with Crippen molar-refractivity contribution in [1.29, 1.82) is 0 Å². The molecule has 2 rings (SSSR count). The number of anilines is 2. The van der Waals surface area contributed by atoms with Crippen LogP contribution in [0.2, 0.25) is 5.02 Å². The van der Waals surface area contributed by atoms with Crippen LogP contribution in [0.4, 0.5) is 15.8 Å². The van der Waals surface area contributed by atoms with Crippen molar-refractivity contribution >= 4 is 28.9 Å². The molecule has 0 saturated carbocycles. The molecular weight excluding hydrogens is 291 g/mol. The van der Waals surface area contributed by atoms with Gasteiger partial charge in [-0.1, -0.05) is 36.7 Å². The van der Waals surface area contributed by atoms with Gasteiger partial charge >= 0.3 is 0 Å². The Morgan fingerprint density at radius 1 is 1.29 bits per heavy atom. The maximum Gasteiger partial charge on any atom is 0.225 e. The van der Waals surface area contributed by atoms with E-state index in [4.69, 9.17) is 17.3 Å². The molecule has 0 aliphatic heterocycles. The van der Waals surface area contributed by atoms with E-state index in [1.807, 2.05) is 19.1 Å². The third kappa shape index (κ3) is 3.95. The highest BCUT2D eigenvalue weighted by Gasteiger charge is 2.14. The molecule has 0 fully saturated rings. The molecule has 2 aromatic carbocycles. The molecule has 0 spiro atoms. The highest BCUT2D eigenvalue weighted by atomic mass is 35.5. The van der Waals surface area contributed by atoms with Crippen molar-refractivity contribution in [3.05, 3.63) is 58.9 Å². The van der Waals surface area contributed by atoms with Gasteiger partial charge in [0.2, 0.25) is 5.91 Å². The summed E-state index contributed by atoms with van der Waals surface area (Å²) in [5.74, 6) is -0.874. The van der Waals surface area contributed by atoms with Crippen LogP contribution in [0.3, 0.4) is 0 Å². The molecule has 3 nitrogen and oxygen atoms in total. The SMILES string of the molecule is CC(CC(=O)Nc1cccc(Cl)c1F)c1ccc(N)cc1. The lowest BCUT2D eigenvalue weighted by Gasteiger charge is -2.13. The summed E-state index contributed by atoms with van der Waals surface area (Å²) in [4.78, 5) is 12.0. The molecule has 2 aromatic rings. The molecule has 110 valence electrons. The maximum atomic E-state index is 13.7. The van der Waals surface area contributed by atoms with Gasteiger partial charge in [0.05, 0.1) is 10.7 Å². The number of nitrogens with one attached hydrogen (secondary N) is 1. The Labute approximate surface area is 127 Å². The van der Waals surface area contributed by atoms with Gasteiger partial charge in [-0.3, -0.25) is 4.79 Å². The molecule has 1 atom stereocenters. The number of benzene rings is 2. The molecule has 0 heterocycles. The fourth-order valence-corrected chi connectivity index (χ4v) is 2.20. The third-order valence-corrected chi connectivity index (χ3v) is 3.51. The van der Waals surface area contributed by atoms with Crippen LogP contribution >= 0.6 is 11.6 Å². The molecule has 3 N–H and O–H groups in total. The molecule has 5 heteroatoms. The van der Waals surface area contributed by atoms with Gasteiger partial charge in [0.25, 0.3) is 0 Å². The first-order valence-electron chi connectivity index (χ1n) is 6.56. The van der Waals surface area contributed by atoms with E-state index in [0.717, 1.165) is 5.56 Å². The Morgan fingerprint density at radius 2 is 1.95 bits per heavy atom. The van der Waals surface area contributed by atoms with Crippen LogP contribution in [0.25, 0.3) is 0 Å². The van der Waals surface area contributed by atoms with Gasteiger partial charge in [0.1, 0.15) is 0 Å². The van der Waals surface area contributed by atoms with E-state index in [2.05, 4.69) is 5.32 Å². The molecule has 0 radical (unpaired) electrons. The number of hydrogen-bond acceptors (Lipinski definition) is 2. The van der Waals surface area contributed by atoms with E-state index in [-0.39, 0.29) is 29.0 Å². The molecule has 0 saturated heterocycles. The first kappa shape index (κ1) is 15.3. The van der Waals surface area contributed by atoms with Crippen LogP contribution in [0.5, 0.6) is 0 Å². The molecule has 21 heavy (non-hydrogen) atoms. The standard InChI is InChI=1S/C16H16ClFN2O/c1-10(11-5-7-12(19)8-6-11)9-15(21)20-14-4-2-3-13(17)16(14)18/h2-8,10H,9,19H2,1H3,(H,20,21). The second-order valence-corrected chi connectivity index (χ2v) is 5.33. The predicted molar refractivity (Wildman–Crippen MR) is 83.9 cm³/mol. The topological polar surface area (TPSA) is 55.1 Å². The highest BCUT2D eigenvalue weighted by molar-refractivity contribution is 6.31. The largest absolute Gasteiger partial charge is 0.399 e. The zero-order valence-corrected chi connectivity index (χ0v) is 12.3. The van der Waals surface area contributed by atoms with Crippen LogP contribution in [0, 0.1) is 5.82 Å². The lowest BCUT2D eigenvalue weighted by Crippen LogP contribution is -2.15. The summed E-state index contributed by atoms with van der Waals surface area (Å²) in [5, 5.41) is 2.53. The van der Waals surface area contributed by atoms with Crippen molar-refractivity contribution in [2.45, 2.75) is 19.3 Å². The highest BCUT2D eigenvalue weighted by Crippen LogP contribution is 2.24. The zero-order valence-electron chi connectivity index (χ0n) is 11.6. The summed E-state index contributed by atoms with van der Waals surface area (Å²) < 4.78 is 13.7. The van der Waals surface area contributed by atoms with Gasteiger partial charge in [0, 0.05) is 12.1 Å². The predicted octanol–water partition coefficient (Wildman–Crippen LogP) is 4.19. The quantitative estimate of drug-likeness (QED) is 0.832. The molecule has 0 aliphatic carbocycles. The average Bonchev–Trinajstić information content (AvgIpc) is 2.44. The molecule has 1 unspecified atom stereocenters. The fraction of sp³-hybridized carbons (Fsp3) is 0.188. The first-order valence-corrected chi connectivity index (χ1v) is 6.94. The van der Waals surface area contributed by atoms with Crippen LogP contribution < -0.4 is 11.1 Å². The molecule has 0 aliphatic rings. The lowest BCUT2D eigenvalue weighted by atomic mass is 9.97. The van der Waals surface area contributed by atoms with Crippen LogP contribution in [-0.2, 0) is 4.79 Å². The van der Waals surface area contributed by atoms with E-state index in [0.29, 0.717) is 5.69 Å². The van der Waals surface area contributed by atoms with Crippen molar-refractivity contribution in [1.82, 2.24) is 0 Å². The number of rotatable bonds is 4. The van der Waals surface area contributed by atoms with E-state index in [1.54, 1.807) is 18.2 Å². The smallest absolute Gasteiger partial charge is 0.225 e. The van der Waals surface area contributed by atoms with Crippen LogP contribution in [0.1, 0.15) is 24.8 Å². The summed E-state index contributed by atoms with van der Waals surface area (Å²) in [6.07, 6.45) is 0.246. The first-order chi connectivity index (χ1) is 9.97. The van der Waals surface area contributed by atoms with Crippen LogP contribution in [0.15, 0.2) is 42.5 Å². The van der Waals surface area contributed by atoms with Gasteiger partial charge in [-0.25, -0.2) is 4.39 Å². The molecule has 0 bridgehead atoms. The number of carbonyl (C=O) groups excluding carboxylic acids is 1. The van der Waals surface area contributed by atoms with Crippen LogP contribution in [-0.4, -0.2) is 5.91 Å². The van der Waals surface area contributed by atoms with Gasteiger partial charge in [-0.05, 0) is 35.7 Å². The Bertz CT molecular complexity index is 643. The molecule has 1 amide bonds. The lowest BCUT2D eigenvalue weighted by molar-refractivity contribution is -0.116. The summed E-state index contributed by atoms with van der Waals surface area (Å²) in [6, 6.07) is 11.8. The maximum absolute atomic E-state index is 13.7. The minimum Gasteiger partial charge on any atom is -0.399 e. The Kier molecular flexibility index (Phi) is 4.81. The summed E-state index contributed by atoms with van der Waals surface area (Å²) in [6.45, 7) is 1.93. The Balaban J connectivity index is 2.01. The second kappa shape index (κ2) is 6.59. The van der Waals surface area contributed by atoms with Gasteiger partial charge < -0.3 is 11.1 Å². The number of hydrogen-bond donors (Lipinski definition) is 2. The number of halogens is 2. The summed E-state index contributed by atoms with van der Waals surface area (Å²) in [7, 11) is 0. The summed E-state index contributed by atoms with van der Waals surface area (Å²) >= 11 is 5.68. The van der Waals surface area contributed by atoms with Gasteiger partial charge in [-0.2, -0.15) is 0 Å². The number of nitrogen functional groups attached to an aromatic ring is 1. The normalized spacial score (nSPS) is 12.0. The average molecular weight is 307 g/mol. The number of carbonyl (C=O) groups is 1. The van der Waals surface area contributed by atoms with E-state index in [1.165, 1.54) is 12.1 Å². The monoisotopic (exact) mass is 306 g/mol. The van der Waals surface area contributed by atoms with Crippen molar-refractivity contribution in [2.75, 3.05) is 11.1 Å². The molecule has 0 aromatic heterocycles. The summed E-state index contributed by atoms with van der Waals surface area (Å²) in [5.41, 5.74) is 7.40. The number of nitrogens with two attached hydrogens (primary N) is 1. The van der Waals surface area contributed by atoms with Gasteiger partial charge in [-0.15, -0.1) is 0 Å². The van der Waals surface area contributed by atoms with Crippen molar-refractivity contribution in [2.24, 2.45) is 0 Å². The fourth-order valence-electron chi connectivity index (χ4n) is 2.02. The van der Waals surface area contributed by atoms with E-state index >= 15 is 0 Å². The Morgan fingerprint density at radius 3 is 2.62 bits per heavy atom. The minimum absolute atomic E-state index is 0.00726. The van der Waals surface area contributed by atoms with Crippen molar-refractivity contribution < 1.29 is 9.18 Å². The van der Waals surface area contributed by atoms with E-state index in [9.17, 15) is 9.18 Å². The van der Waals surface area contributed by atoms with E-state index < -0.39 is 5.82 Å². The second-order valence-electron chi connectivity index (χ2n) is 4.92. The third-order valence-electron chi connectivity index (χ3n) is 3.22.